The number of alkyl halides is 1. The smallest absolute Gasteiger partial charge is 0.151 e. The zero-order chi connectivity index (χ0) is 11.3. The second-order valence-corrected chi connectivity index (χ2v) is 3.34. The third kappa shape index (κ3) is 3.44. The number of benzene rings is 1. The van der Waals surface area contributed by atoms with Gasteiger partial charge in [0.1, 0.15) is 11.5 Å². The Hall–Kier alpha value is -1.22. The molecular formula is C11H13ClO3. The van der Waals surface area contributed by atoms with Gasteiger partial charge >= 0.3 is 0 Å². The van der Waals surface area contributed by atoms with Crippen LogP contribution in [0.25, 0.3) is 0 Å². The molecule has 1 rings (SSSR count). The molecule has 0 atom stereocenters. The zero-order valence-corrected chi connectivity index (χ0v) is 9.50. The van der Waals surface area contributed by atoms with Crippen molar-refractivity contribution in [3.63, 3.8) is 0 Å². The summed E-state index contributed by atoms with van der Waals surface area (Å²) in [5.74, 6) is 1.35. The summed E-state index contributed by atoms with van der Waals surface area (Å²) in [5, 5.41) is 0. The normalized spacial score (nSPS) is 9.80. The van der Waals surface area contributed by atoms with Gasteiger partial charge < -0.3 is 9.47 Å². The molecule has 4 heteroatoms. The number of ether oxygens (including phenoxy) is 2. The van der Waals surface area contributed by atoms with E-state index in [1.54, 1.807) is 32.4 Å². The van der Waals surface area contributed by atoms with E-state index < -0.39 is 0 Å². The van der Waals surface area contributed by atoms with E-state index in [-0.39, 0.29) is 11.7 Å². The first-order chi connectivity index (χ1) is 7.19. The number of halogens is 1. The molecule has 0 spiro atoms. The molecule has 0 saturated heterocycles. The molecule has 0 aliphatic rings. The van der Waals surface area contributed by atoms with Crippen molar-refractivity contribution in [3.8, 4) is 11.5 Å². The third-order valence-corrected chi connectivity index (χ3v) is 2.26. The minimum atomic E-state index is -0.0213. The van der Waals surface area contributed by atoms with Crippen LogP contribution in [0.4, 0.5) is 0 Å². The summed E-state index contributed by atoms with van der Waals surface area (Å²) in [5.41, 5.74) is 0.844. The van der Waals surface area contributed by atoms with Gasteiger partial charge in [-0.25, -0.2) is 0 Å². The highest BCUT2D eigenvalue weighted by atomic mass is 35.5. The number of rotatable bonds is 5. The number of hydrogen-bond donors (Lipinski definition) is 0. The lowest BCUT2D eigenvalue weighted by atomic mass is 10.1. The molecule has 0 aliphatic heterocycles. The second kappa shape index (κ2) is 5.61. The van der Waals surface area contributed by atoms with Crippen LogP contribution in [0.1, 0.15) is 5.56 Å². The predicted octanol–water partition coefficient (Wildman–Crippen LogP) is 2.05. The lowest BCUT2D eigenvalue weighted by Crippen LogP contribution is -2.04. The number of ketones is 1. The molecule has 1 aromatic rings. The summed E-state index contributed by atoms with van der Waals surface area (Å²) in [6.07, 6.45) is 0.303. The van der Waals surface area contributed by atoms with Crippen molar-refractivity contribution in [1.29, 1.82) is 0 Å². The van der Waals surface area contributed by atoms with Crippen LogP contribution in [0.3, 0.4) is 0 Å². The number of carbonyl (C=O) groups is 1. The molecule has 0 heterocycles. The predicted molar refractivity (Wildman–Crippen MR) is 59.0 cm³/mol. The fourth-order valence-electron chi connectivity index (χ4n) is 1.24. The van der Waals surface area contributed by atoms with E-state index in [9.17, 15) is 4.79 Å². The van der Waals surface area contributed by atoms with Gasteiger partial charge in [-0.15, -0.1) is 11.6 Å². The van der Waals surface area contributed by atoms with Crippen LogP contribution in [-0.4, -0.2) is 25.9 Å². The van der Waals surface area contributed by atoms with Gasteiger partial charge in [-0.3, -0.25) is 4.79 Å². The molecule has 0 unspecified atom stereocenters. The SMILES string of the molecule is COc1cc(CC(=O)CCl)cc(OC)c1. The van der Waals surface area contributed by atoms with E-state index in [0.717, 1.165) is 5.56 Å². The lowest BCUT2D eigenvalue weighted by molar-refractivity contribution is -0.116. The minimum absolute atomic E-state index is 0.0213. The third-order valence-electron chi connectivity index (χ3n) is 1.96. The van der Waals surface area contributed by atoms with E-state index in [1.807, 2.05) is 0 Å². The zero-order valence-electron chi connectivity index (χ0n) is 8.75. The summed E-state index contributed by atoms with van der Waals surface area (Å²) in [7, 11) is 3.14. The van der Waals surface area contributed by atoms with Crippen LogP contribution in [0.2, 0.25) is 0 Å². The molecule has 0 bridgehead atoms. The van der Waals surface area contributed by atoms with E-state index >= 15 is 0 Å². The van der Waals surface area contributed by atoms with Gasteiger partial charge in [-0.2, -0.15) is 0 Å². The first-order valence-corrected chi connectivity index (χ1v) is 5.02. The highest BCUT2D eigenvalue weighted by Gasteiger charge is 2.06. The van der Waals surface area contributed by atoms with E-state index in [0.29, 0.717) is 17.9 Å². The number of carbonyl (C=O) groups excluding carboxylic acids is 1. The summed E-state index contributed by atoms with van der Waals surface area (Å²) in [4.78, 5) is 11.2. The number of methoxy groups -OCH3 is 2. The number of Topliss-reactive ketones (excluding diaryl/α,β-unsaturated/α-hetero) is 1. The Balaban J connectivity index is 2.91. The molecule has 0 aliphatic carbocycles. The van der Waals surface area contributed by atoms with Gasteiger partial charge in [-0.1, -0.05) is 0 Å². The fraction of sp³-hybridized carbons (Fsp3) is 0.364. The van der Waals surface area contributed by atoms with Crippen LogP contribution in [-0.2, 0) is 11.2 Å². The van der Waals surface area contributed by atoms with Crippen molar-refractivity contribution in [2.24, 2.45) is 0 Å². The summed E-state index contributed by atoms with van der Waals surface area (Å²) < 4.78 is 10.2. The largest absolute Gasteiger partial charge is 0.497 e. The van der Waals surface area contributed by atoms with E-state index in [2.05, 4.69) is 0 Å². The first kappa shape index (κ1) is 11.9. The standard InChI is InChI=1S/C11H13ClO3/c1-14-10-4-8(3-9(13)7-12)5-11(6-10)15-2/h4-6H,3,7H2,1-2H3. The van der Waals surface area contributed by atoms with Gasteiger partial charge in [0.2, 0.25) is 0 Å². The molecule has 15 heavy (non-hydrogen) atoms. The van der Waals surface area contributed by atoms with Crippen LogP contribution in [0, 0.1) is 0 Å². The molecule has 3 nitrogen and oxygen atoms in total. The first-order valence-electron chi connectivity index (χ1n) is 4.49. The molecule has 0 fully saturated rings. The summed E-state index contributed by atoms with van der Waals surface area (Å²) in [6.45, 7) is 0. The van der Waals surface area contributed by atoms with Crippen molar-refractivity contribution in [1.82, 2.24) is 0 Å². The Morgan fingerprint density at radius 1 is 1.20 bits per heavy atom. The average Bonchev–Trinajstić information content (AvgIpc) is 2.28. The monoisotopic (exact) mass is 228 g/mol. The molecule has 0 radical (unpaired) electrons. The Labute approximate surface area is 93.9 Å². The van der Waals surface area contributed by atoms with Crippen molar-refractivity contribution >= 4 is 17.4 Å². The molecule has 82 valence electrons. The molecule has 0 aromatic heterocycles. The molecule has 0 amide bonds. The summed E-state index contributed by atoms with van der Waals surface area (Å²) in [6, 6.07) is 5.36. The van der Waals surface area contributed by atoms with Crippen molar-refractivity contribution in [2.45, 2.75) is 6.42 Å². The van der Waals surface area contributed by atoms with E-state index in [4.69, 9.17) is 21.1 Å². The van der Waals surface area contributed by atoms with Crippen LogP contribution in [0.15, 0.2) is 18.2 Å². The van der Waals surface area contributed by atoms with Crippen molar-refractivity contribution in [3.05, 3.63) is 23.8 Å². The molecule has 1 aromatic carbocycles. The Bertz CT molecular complexity index is 327. The molecular weight excluding hydrogens is 216 g/mol. The summed E-state index contributed by atoms with van der Waals surface area (Å²) >= 11 is 5.44. The van der Waals surface area contributed by atoms with Crippen LogP contribution < -0.4 is 9.47 Å². The highest BCUT2D eigenvalue weighted by molar-refractivity contribution is 6.27. The number of hydrogen-bond acceptors (Lipinski definition) is 3. The Kier molecular flexibility index (Phi) is 4.43. The lowest BCUT2D eigenvalue weighted by Gasteiger charge is -2.07. The van der Waals surface area contributed by atoms with E-state index in [1.165, 1.54) is 0 Å². The van der Waals surface area contributed by atoms with Gasteiger partial charge in [-0.05, 0) is 17.7 Å². The highest BCUT2D eigenvalue weighted by Crippen LogP contribution is 2.22. The quantitative estimate of drug-likeness (QED) is 0.724. The molecule has 0 saturated carbocycles. The maximum atomic E-state index is 11.2. The van der Waals surface area contributed by atoms with Crippen LogP contribution >= 0.6 is 11.6 Å². The average molecular weight is 229 g/mol. The van der Waals surface area contributed by atoms with Gasteiger partial charge in [0.25, 0.3) is 0 Å². The Morgan fingerprint density at radius 2 is 1.73 bits per heavy atom. The minimum Gasteiger partial charge on any atom is -0.497 e. The maximum absolute atomic E-state index is 11.2. The van der Waals surface area contributed by atoms with Gasteiger partial charge in [0.15, 0.2) is 5.78 Å². The second-order valence-electron chi connectivity index (χ2n) is 3.07. The van der Waals surface area contributed by atoms with Gasteiger partial charge in [0.05, 0.1) is 20.1 Å². The molecule has 0 N–H and O–H groups in total. The fourth-order valence-corrected chi connectivity index (χ4v) is 1.34. The Morgan fingerprint density at radius 3 is 2.13 bits per heavy atom. The van der Waals surface area contributed by atoms with Gasteiger partial charge in [0, 0.05) is 12.5 Å². The van der Waals surface area contributed by atoms with Crippen molar-refractivity contribution in [2.75, 3.05) is 20.1 Å². The van der Waals surface area contributed by atoms with Crippen molar-refractivity contribution < 1.29 is 14.3 Å². The topological polar surface area (TPSA) is 35.5 Å². The van der Waals surface area contributed by atoms with Crippen LogP contribution in [0.5, 0.6) is 11.5 Å². The maximum Gasteiger partial charge on any atom is 0.151 e.